The fourth-order valence-electron chi connectivity index (χ4n) is 1.26. The second-order valence-electron chi connectivity index (χ2n) is 2.71. The van der Waals surface area contributed by atoms with Crippen molar-refractivity contribution in [3.05, 3.63) is 30.5 Å². The molecular formula is C9H5N3S. The molecule has 0 spiro atoms. The average molecular weight is 187 g/mol. The van der Waals surface area contributed by atoms with E-state index in [2.05, 4.69) is 21.2 Å². The predicted octanol–water partition coefficient (Wildman–Crippen LogP) is 2.19. The third-order valence-electron chi connectivity index (χ3n) is 1.86. The van der Waals surface area contributed by atoms with E-state index in [0.29, 0.717) is 0 Å². The van der Waals surface area contributed by atoms with Crippen molar-refractivity contribution >= 4 is 21.6 Å². The topological polar surface area (TPSA) is 38.7 Å². The maximum absolute atomic E-state index is 4.37. The number of benzene rings is 1. The highest BCUT2D eigenvalue weighted by molar-refractivity contribution is 7.21. The molecule has 0 fully saturated rings. The highest BCUT2D eigenvalue weighted by atomic mass is 32.1. The van der Waals surface area contributed by atoms with E-state index in [9.17, 15) is 0 Å². The molecule has 0 unspecified atom stereocenters. The summed E-state index contributed by atoms with van der Waals surface area (Å²) in [4.78, 5) is 5.41. The summed E-state index contributed by atoms with van der Waals surface area (Å²) in [5.74, 6) is 0.740. The van der Waals surface area contributed by atoms with Gasteiger partial charge in [-0.3, -0.25) is 0 Å². The van der Waals surface area contributed by atoms with Gasteiger partial charge in [0.2, 0.25) is 0 Å². The van der Waals surface area contributed by atoms with Crippen LogP contribution in [0.15, 0.2) is 30.5 Å². The number of aromatic nitrogens is 3. The van der Waals surface area contributed by atoms with Crippen LogP contribution >= 0.6 is 11.3 Å². The Kier molecular flexibility index (Phi) is 1.31. The van der Waals surface area contributed by atoms with Crippen LogP contribution in [0.5, 0.6) is 0 Å². The van der Waals surface area contributed by atoms with Gasteiger partial charge in [-0.25, -0.2) is 4.98 Å². The van der Waals surface area contributed by atoms with Crippen molar-refractivity contribution in [3.63, 3.8) is 0 Å². The Morgan fingerprint density at radius 2 is 2.08 bits per heavy atom. The molecule has 0 saturated heterocycles. The summed E-state index contributed by atoms with van der Waals surface area (Å²) in [6.07, 6.45) is 1.75. The number of para-hydroxylation sites is 1. The molecular weight excluding hydrogens is 182 g/mol. The molecule has 0 amide bonds. The van der Waals surface area contributed by atoms with Crippen molar-refractivity contribution in [2.45, 2.75) is 0 Å². The minimum Gasteiger partial charge on any atom is -0.225 e. The third kappa shape index (κ3) is 0.990. The van der Waals surface area contributed by atoms with Crippen molar-refractivity contribution in [1.82, 2.24) is 15.2 Å². The molecule has 0 aromatic heterocycles. The van der Waals surface area contributed by atoms with Crippen molar-refractivity contribution in [1.29, 1.82) is 0 Å². The van der Waals surface area contributed by atoms with Gasteiger partial charge in [-0.15, -0.1) is 16.4 Å². The summed E-state index contributed by atoms with van der Waals surface area (Å²) < 4.78 is 1.17. The number of rotatable bonds is 0. The van der Waals surface area contributed by atoms with E-state index in [0.717, 1.165) is 16.2 Å². The molecule has 3 nitrogen and oxygen atoms in total. The monoisotopic (exact) mass is 187 g/mol. The molecule has 3 rings (SSSR count). The molecule has 13 heavy (non-hydrogen) atoms. The normalized spacial score (nSPS) is 11.1. The van der Waals surface area contributed by atoms with E-state index >= 15 is 0 Å². The van der Waals surface area contributed by atoms with Gasteiger partial charge in [0.05, 0.1) is 21.3 Å². The van der Waals surface area contributed by atoms with Gasteiger partial charge >= 0.3 is 0 Å². The van der Waals surface area contributed by atoms with Crippen LogP contribution in [0.4, 0.5) is 0 Å². The zero-order chi connectivity index (χ0) is 8.67. The molecule has 0 bridgehead atoms. The molecule has 1 aromatic carbocycles. The lowest BCUT2D eigenvalue weighted by atomic mass is 10.3. The molecule has 1 aromatic rings. The van der Waals surface area contributed by atoms with Crippen molar-refractivity contribution in [2.75, 3.05) is 0 Å². The molecule has 0 radical (unpaired) electrons. The van der Waals surface area contributed by atoms with E-state index in [-0.39, 0.29) is 0 Å². The lowest BCUT2D eigenvalue weighted by Gasteiger charge is -1.97. The summed E-state index contributed by atoms with van der Waals surface area (Å²) >= 11 is 1.67. The molecule has 4 heteroatoms. The van der Waals surface area contributed by atoms with Gasteiger partial charge in [0.15, 0.2) is 5.82 Å². The van der Waals surface area contributed by atoms with Crippen molar-refractivity contribution in [3.8, 4) is 10.7 Å². The van der Waals surface area contributed by atoms with E-state index in [1.807, 2.05) is 18.2 Å². The van der Waals surface area contributed by atoms with Crippen LogP contribution in [0.2, 0.25) is 0 Å². The first-order valence-corrected chi connectivity index (χ1v) is 4.72. The van der Waals surface area contributed by atoms with Crippen LogP contribution in [0.1, 0.15) is 0 Å². The van der Waals surface area contributed by atoms with Crippen LogP contribution in [0.25, 0.3) is 20.9 Å². The molecule has 2 aliphatic rings. The molecule has 2 aliphatic heterocycles. The minimum atomic E-state index is 0.740. The van der Waals surface area contributed by atoms with Crippen LogP contribution in [0, 0.1) is 0 Å². The fourth-order valence-corrected chi connectivity index (χ4v) is 2.14. The van der Waals surface area contributed by atoms with Gasteiger partial charge in [-0.05, 0) is 12.1 Å². The largest absolute Gasteiger partial charge is 0.225 e. The molecule has 0 atom stereocenters. The number of hydrogen-bond acceptors (Lipinski definition) is 4. The zero-order valence-corrected chi connectivity index (χ0v) is 7.45. The zero-order valence-electron chi connectivity index (χ0n) is 6.64. The highest BCUT2D eigenvalue weighted by Gasteiger charge is 2.08. The lowest BCUT2D eigenvalue weighted by Crippen LogP contribution is -1.82. The molecule has 2 heterocycles. The SMILES string of the molecule is c1ccc2sc3cnnc-3nc2c1. The van der Waals surface area contributed by atoms with Crippen LogP contribution in [-0.2, 0) is 0 Å². The summed E-state index contributed by atoms with van der Waals surface area (Å²) in [5, 5.41) is 7.74. The van der Waals surface area contributed by atoms with Gasteiger partial charge < -0.3 is 0 Å². The van der Waals surface area contributed by atoms with Gasteiger partial charge in [0.1, 0.15) is 0 Å². The first-order chi connectivity index (χ1) is 6.43. The standard InChI is InChI=1S/C9H5N3S/c1-2-4-7-6(3-1)11-9-8(13-7)5-10-12-9/h1-5H. The smallest absolute Gasteiger partial charge is 0.194 e. The summed E-state index contributed by atoms with van der Waals surface area (Å²) in [6.45, 7) is 0. The summed E-state index contributed by atoms with van der Waals surface area (Å²) in [5.41, 5.74) is 0.987. The molecule has 0 N–H and O–H groups in total. The summed E-state index contributed by atoms with van der Waals surface area (Å²) in [7, 11) is 0. The first-order valence-electron chi connectivity index (χ1n) is 3.90. The van der Waals surface area contributed by atoms with E-state index in [1.165, 1.54) is 4.70 Å². The van der Waals surface area contributed by atoms with E-state index < -0.39 is 0 Å². The Hall–Kier alpha value is -1.55. The predicted molar refractivity (Wildman–Crippen MR) is 51.8 cm³/mol. The third-order valence-corrected chi connectivity index (χ3v) is 2.93. The van der Waals surface area contributed by atoms with E-state index in [1.54, 1.807) is 17.5 Å². The molecule has 0 aliphatic carbocycles. The van der Waals surface area contributed by atoms with Gasteiger partial charge in [-0.2, -0.15) is 5.10 Å². The maximum Gasteiger partial charge on any atom is 0.194 e. The molecule has 0 saturated carbocycles. The second-order valence-corrected chi connectivity index (χ2v) is 3.80. The highest BCUT2D eigenvalue weighted by Crippen LogP contribution is 2.27. The Morgan fingerprint density at radius 1 is 1.15 bits per heavy atom. The maximum atomic E-state index is 4.37. The minimum absolute atomic E-state index is 0.740. The first kappa shape index (κ1) is 6.91. The quantitative estimate of drug-likeness (QED) is 0.541. The van der Waals surface area contributed by atoms with Crippen LogP contribution < -0.4 is 0 Å². The number of nitrogens with zero attached hydrogens (tertiary/aromatic N) is 3. The Balaban J connectivity index is 2.52. The molecule has 62 valence electrons. The van der Waals surface area contributed by atoms with Crippen molar-refractivity contribution in [2.24, 2.45) is 0 Å². The van der Waals surface area contributed by atoms with Crippen LogP contribution in [0.3, 0.4) is 0 Å². The Labute approximate surface area is 78.4 Å². The lowest BCUT2D eigenvalue weighted by molar-refractivity contribution is 1.08. The van der Waals surface area contributed by atoms with Crippen LogP contribution in [-0.4, -0.2) is 15.2 Å². The number of hydrogen-bond donors (Lipinski definition) is 0. The Morgan fingerprint density at radius 3 is 3.08 bits per heavy atom. The van der Waals surface area contributed by atoms with Gasteiger partial charge in [0, 0.05) is 0 Å². The van der Waals surface area contributed by atoms with Gasteiger partial charge in [0.25, 0.3) is 0 Å². The second kappa shape index (κ2) is 2.47. The Bertz CT molecular complexity index is 485. The fraction of sp³-hybridized carbons (Fsp3) is 0. The summed E-state index contributed by atoms with van der Waals surface area (Å²) in [6, 6.07) is 8.03. The van der Waals surface area contributed by atoms with Crippen molar-refractivity contribution < 1.29 is 0 Å². The van der Waals surface area contributed by atoms with E-state index in [4.69, 9.17) is 0 Å². The van der Waals surface area contributed by atoms with Gasteiger partial charge in [-0.1, -0.05) is 12.1 Å². The number of fused-ring (bicyclic) bond motifs is 2. The average Bonchev–Trinajstić information content (AvgIpc) is 2.61.